The summed E-state index contributed by atoms with van der Waals surface area (Å²) in [7, 11) is 0. The van der Waals surface area contributed by atoms with E-state index in [1.54, 1.807) is 12.1 Å². The molecular weight excluding hydrogens is 213 g/mol. The molecule has 4 nitrogen and oxygen atoms in total. The maximum Gasteiger partial charge on any atom is 0.224 e. The van der Waals surface area contributed by atoms with Gasteiger partial charge in [0.1, 0.15) is 5.82 Å². The lowest BCUT2D eigenvalue weighted by molar-refractivity contribution is -0.121. The standard InChI is InChI=1S/C11H14FNO3/c12-10-4-2-1-3-8(10)5-11(16)13-6-9(15)7-14/h1-4,9,14-15H,5-7H2,(H,13,16). The first-order valence-corrected chi connectivity index (χ1v) is 4.92. The van der Waals surface area contributed by atoms with E-state index >= 15 is 0 Å². The Kier molecular flexibility index (Phi) is 4.88. The molecule has 0 aromatic heterocycles. The minimum absolute atomic E-state index is 0.0379. The van der Waals surface area contributed by atoms with E-state index < -0.39 is 24.4 Å². The molecule has 0 bridgehead atoms. The number of carbonyl (C=O) groups is 1. The molecule has 1 atom stereocenters. The van der Waals surface area contributed by atoms with Crippen molar-refractivity contribution in [3.8, 4) is 0 Å². The van der Waals surface area contributed by atoms with Crippen LogP contribution in [0.1, 0.15) is 5.56 Å². The highest BCUT2D eigenvalue weighted by atomic mass is 19.1. The Balaban J connectivity index is 2.43. The zero-order valence-electron chi connectivity index (χ0n) is 8.69. The lowest BCUT2D eigenvalue weighted by atomic mass is 10.1. The molecule has 0 fully saturated rings. The van der Waals surface area contributed by atoms with Crippen molar-refractivity contribution in [1.82, 2.24) is 5.32 Å². The maximum absolute atomic E-state index is 13.1. The van der Waals surface area contributed by atoms with Gasteiger partial charge in [-0.1, -0.05) is 18.2 Å². The van der Waals surface area contributed by atoms with Crippen LogP contribution < -0.4 is 5.32 Å². The Hall–Kier alpha value is -1.46. The molecular formula is C11H14FNO3. The average Bonchev–Trinajstić information content (AvgIpc) is 2.29. The summed E-state index contributed by atoms with van der Waals surface area (Å²) in [5.41, 5.74) is 0.304. The molecule has 0 spiro atoms. The van der Waals surface area contributed by atoms with Gasteiger partial charge in [-0.25, -0.2) is 4.39 Å². The lowest BCUT2D eigenvalue weighted by Gasteiger charge is -2.09. The Bertz CT molecular complexity index is 357. The van der Waals surface area contributed by atoms with Crippen molar-refractivity contribution in [3.05, 3.63) is 35.6 Å². The van der Waals surface area contributed by atoms with Crippen LogP contribution in [0.4, 0.5) is 4.39 Å². The zero-order valence-corrected chi connectivity index (χ0v) is 8.69. The number of rotatable bonds is 5. The normalized spacial score (nSPS) is 12.2. The van der Waals surface area contributed by atoms with Crippen LogP contribution in [0, 0.1) is 5.82 Å². The minimum Gasteiger partial charge on any atom is -0.394 e. The predicted octanol–water partition coefficient (Wildman–Crippen LogP) is -0.162. The predicted molar refractivity (Wildman–Crippen MR) is 56.2 cm³/mol. The molecule has 0 radical (unpaired) electrons. The molecule has 0 heterocycles. The first-order valence-electron chi connectivity index (χ1n) is 4.92. The summed E-state index contributed by atoms with van der Waals surface area (Å²) in [6.45, 7) is -0.455. The van der Waals surface area contributed by atoms with Crippen molar-refractivity contribution >= 4 is 5.91 Å². The molecule has 0 aliphatic carbocycles. The van der Waals surface area contributed by atoms with Gasteiger partial charge in [0.2, 0.25) is 5.91 Å². The number of hydrogen-bond acceptors (Lipinski definition) is 3. The number of benzene rings is 1. The van der Waals surface area contributed by atoms with Gasteiger partial charge in [-0.05, 0) is 11.6 Å². The van der Waals surface area contributed by atoms with Crippen LogP contribution in [0.25, 0.3) is 0 Å². The van der Waals surface area contributed by atoms with Crippen LogP contribution >= 0.6 is 0 Å². The van der Waals surface area contributed by atoms with Gasteiger partial charge in [0.25, 0.3) is 0 Å². The fourth-order valence-corrected chi connectivity index (χ4v) is 1.17. The van der Waals surface area contributed by atoms with Gasteiger partial charge in [0.05, 0.1) is 19.1 Å². The second kappa shape index (κ2) is 6.19. The fraction of sp³-hybridized carbons (Fsp3) is 0.364. The topological polar surface area (TPSA) is 69.6 Å². The van der Waals surface area contributed by atoms with Crippen LogP contribution in [0.2, 0.25) is 0 Å². The molecule has 1 rings (SSSR count). The third kappa shape index (κ3) is 3.96. The Morgan fingerprint density at radius 2 is 2.12 bits per heavy atom. The van der Waals surface area contributed by atoms with Crippen LogP contribution in [0.15, 0.2) is 24.3 Å². The first-order chi connectivity index (χ1) is 7.63. The molecule has 16 heavy (non-hydrogen) atoms. The molecule has 1 aromatic carbocycles. The van der Waals surface area contributed by atoms with Crippen LogP contribution in [-0.2, 0) is 11.2 Å². The van der Waals surface area contributed by atoms with E-state index in [0.717, 1.165) is 0 Å². The molecule has 0 aliphatic rings. The quantitative estimate of drug-likeness (QED) is 0.654. The maximum atomic E-state index is 13.1. The third-order valence-corrected chi connectivity index (χ3v) is 2.05. The SMILES string of the molecule is O=C(Cc1ccccc1F)NCC(O)CO. The van der Waals surface area contributed by atoms with Crippen molar-refractivity contribution in [3.63, 3.8) is 0 Å². The van der Waals surface area contributed by atoms with Crippen molar-refractivity contribution in [2.75, 3.05) is 13.2 Å². The minimum atomic E-state index is -0.982. The molecule has 1 amide bonds. The van der Waals surface area contributed by atoms with Crippen molar-refractivity contribution in [2.24, 2.45) is 0 Å². The molecule has 1 unspecified atom stereocenters. The van der Waals surface area contributed by atoms with Gasteiger partial charge < -0.3 is 15.5 Å². The van der Waals surface area contributed by atoms with E-state index in [-0.39, 0.29) is 13.0 Å². The number of aliphatic hydroxyl groups excluding tert-OH is 2. The number of carbonyl (C=O) groups excluding carboxylic acids is 1. The van der Waals surface area contributed by atoms with E-state index in [4.69, 9.17) is 10.2 Å². The summed E-state index contributed by atoms with van der Waals surface area (Å²) in [4.78, 5) is 11.3. The number of aliphatic hydroxyl groups is 2. The summed E-state index contributed by atoms with van der Waals surface area (Å²) in [6.07, 6.45) is -1.06. The fourth-order valence-electron chi connectivity index (χ4n) is 1.17. The summed E-state index contributed by atoms with van der Waals surface area (Å²) >= 11 is 0. The smallest absolute Gasteiger partial charge is 0.224 e. The number of amides is 1. The summed E-state index contributed by atoms with van der Waals surface area (Å²) in [5, 5.41) is 19.9. The molecule has 0 saturated carbocycles. The van der Waals surface area contributed by atoms with Crippen molar-refractivity contribution in [1.29, 1.82) is 0 Å². The van der Waals surface area contributed by atoms with Crippen molar-refractivity contribution < 1.29 is 19.4 Å². The molecule has 1 aromatic rings. The summed E-state index contributed by atoms with van der Waals surface area (Å²) in [5.74, 6) is -0.821. The van der Waals surface area contributed by atoms with E-state index in [9.17, 15) is 9.18 Å². The second-order valence-electron chi connectivity index (χ2n) is 3.41. The van der Waals surface area contributed by atoms with Crippen molar-refractivity contribution in [2.45, 2.75) is 12.5 Å². The number of nitrogens with one attached hydrogen (secondary N) is 1. The van der Waals surface area contributed by atoms with Crippen LogP contribution in [0.3, 0.4) is 0 Å². The molecule has 5 heteroatoms. The molecule has 3 N–H and O–H groups in total. The molecule has 0 saturated heterocycles. The zero-order chi connectivity index (χ0) is 12.0. The van der Waals surface area contributed by atoms with Crippen LogP contribution in [-0.4, -0.2) is 35.4 Å². The first kappa shape index (κ1) is 12.6. The monoisotopic (exact) mass is 227 g/mol. The van der Waals surface area contributed by atoms with Gasteiger partial charge in [0.15, 0.2) is 0 Å². The average molecular weight is 227 g/mol. The third-order valence-electron chi connectivity index (χ3n) is 2.05. The van der Waals surface area contributed by atoms with E-state index in [2.05, 4.69) is 5.32 Å². The van der Waals surface area contributed by atoms with Gasteiger partial charge in [-0.2, -0.15) is 0 Å². The van der Waals surface area contributed by atoms with E-state index in [1.807, 2.05) is 0 Å². The number of hydrogen-bond donors (Lipinski definition) is 3. The van der Waals surface area contributed by atoms with Gasteiger partial charge in [0, 0.05) is 6.54 Å². The number of halogens is 1. The Morgan fingerprint density at radius 3 is 2.75 bits per heavy atom. The highest BCUT2D eigenvalue weighted by Crippen LogP contribution is 2.06. The summed E-state index contributed by atoms with van der Waals surface area (Å²) in [6, 6.07) is 6.00. The Morgan fingerprint density at radius 1 is 1.44 bits per heavy atom. The highest BCUT2D eigenvalue weighted by molar-refractivity contribution is 5.78. The second-order valence-corrected chi connectivity index (χ2v) is 3.41. The Labute approximate surface area is 92.7 Å². The summed E-state index contributed by atoms with van der Waals surface area (Å²) < 4.78 is 13.1. The lowest BCUT2D eigenvalue weighted by Crippen LogP contribution is -2.34. The largest absolute Gasteiger partial charge is 0.394 e. The van der Waals surface area contributed by atoms with E-state index in [1.165, 1.54) is 12.1 Å². The van der Waals surface area contributed by atoms with Crippen LogP contribution in [0.5, 0.6) is 0 Å². The molecule has 0 aliphatic heterocycles. The van der Waals surface area contributed by atoms with Gasteiger partial charge in [-0.3, -0.25) is 4.79 Å². The van der Waals surface area contributed by atoms with Gasteiger partial charge in [-0.15, -0.1) is 0 Å². The van der Waals surface area contributed by atoms with Gasteiger partial charge >= 0.3 is 0 Å². The van der Waals surface area contributed by atoms with E-state index in [0.29, 0.717) is 5.56 Å². The highest BCUT2D eigenvalue weighted by Gasteiger charge is 2.09. The molecule has 88 valence electrons.